The van der Waals surface area contributed by atoms with Crippen molar-refractivity contribution in [1.82, 2.24) is 0 Å². The van der Waals surface area contributed by atoms with Gasteiger partial charge in [-0.3, -0.25) is 0 Å². The predicted molar refractivity (Wildman–Crippen MR) is 81.4 cm³/mol. The summed E-state index contributed by atoms with van der Waals surface area (Å²) in [6.07, 6.45) is 1.02. The number of anilines is 1. The molecule has 0 saturated carbocycles. The quantitative estimate of drug-likeness (QED) is 0.820. The van der Waals surface area contributed by atoms with Gasteiger partial charge in [-0.1, -0.05) is 50.2 Å². The monoisotopic (exact) mass is 269 g/mol. The van der Waals surface area contributed by atoms with Gasteiger partial charge in [-0.05, 0) is 41.5 Å². The third-order valence-electron chi connectivity index (χ3n) is 4.30. The molecule has 1 nitrogen and oxygen atoms in total. The van der Waals surface area contributed by atoms with E-state index >= 15 is 0 Å². The second-order valence-corrected chi connectivity index (χ2v) is 6.37. The van der Waals surface area contributed by atoms with Gasteiger partial charge >= 0.3 is 0 Å². The normalized spacial score (nSPS) is 19.7. The van der Waals surface area contributed by atoms with Crippen LogP contribution in [0.5, 0.6) is 0 Å². The van der Waals surface area contributed by atoms with Crippen molar-refractivity contribution in [2.24, 2.45) is 5.41 Å². The average Bonchev–Trinajstić information content (AvgIpc) is 2.64. The maximum Gasteiger partial charge on any atom is 0.146 e. The molecule has 2 aromatic rings. The number of hydrogen-bond donors (Lipinski definition) is 1. The third kappa shape index (κ3) is 2.09. The van der Waals surface area contributed by atoms with Crippen LogP contribution in [0.15, 0.2) is 42.5 Å². The number of rotatable bonds is 2. The van der Waals surface area contributed by atoms with Gasteiger partial charge in [0.15, 0.2) is 0 Å². The molecular formula is C18H20FN. The van der Waals surface area contributed by atoms with Crippen molar-refractivity contribution in [3.63, 3.8) is 0 Å². The zero-order chi connectivity index (χ0) is 14.3. The molecule has 0 heterocycles. The fourth-order valence-corrected chi connectivity index (χ4v) is 3.22. The first-order chi connectivity index (χ1) is 9.49. The predicted octanol–water partition coefficient (Wildman–Crippen LogP) is 4.87. The van der Waals surface area contributed by atoms with E-state index in [0.717, 1.165) is 12.0 Å². The lowest BCUT2D eigenvalue weighted by atomic mass is 9.85. The Bertz CT molecular complexity index is 625. The minimum Gasteiger partial charge on any atom is -0.375 e. The molecule has 104 valence electrons. The Morgan fingerprint density at radius 3 is 2.60 bits per heavy atom. The van der Waals surface area contributed by atoms with Crippen LogP contribution in [-0.4, -0.2) is 0 Å². The van der Waals surface area contributed by atoms with Crippen molar-refractivity contribution >= 4 is 5.69 Å². The van der Waals surface area contributed by atoms with Gasteiger partial charge < -0.3 is 5.32 Å². The van der Waals surface area contributed by atoms with E-state index < -0.39 is 0 Å². The molecule has 1 aliphatic carbocycles. The smallest absolute Gasteiger partial charge is 0.146 e. The molecule has 0 saturated heterocycles. The molecule has 0 fully saturated rings. The number of halogens is 1. The van der Waals surface area contributed by atoms with Crippen molar-refractivity contribution in [3.8, 4) is 0 Å². The number of aryl methyl sites for hydroxylation is 1. The van der Waals surface area contributed by atoms with Gasteiger partial charge in [0.05, 0.1) is 11.7 Å². The Morgan fingerprint density at radius 1 is 1.10 bits per heavy atom. The van der Waals surface area contributed by atoms with Gasteiger partial charge in [0.2, 0.25) is 0 Å². The lowest BCUT2D eigenvalue weighted by molar-refractivity contribution is 0.336. The van der Waals surface area contributed by atoms with Crippen LogP contribution in [-0.2, 0) is 6.42 Å². The first-order valence-corrected chi connectivity index (χ1v) is 7.08. The molecule has 0 bridgehead atoms. The van der Waals surface area contributed by atoms with Crippen LogP contribution in [0.1, 0.15) is 36.6 Å². The Balaban J connectivity index is 2.02. The van der Waals surface area contributed by atoms with Gasteiger partial charge in [-0.25, -0.2) is 4.39 Å². The number of para-hydroxylation sites is 1. The zero-order valence-electron chi connectivity index (χ0n) is 12.2. The van der Waals surface area contributed by atoms with E-state index in [4.69, 9.17) is 0 Å². The fraction of sp³-hybridized carbons (Fsp3) is 0.333. The average molecular weight is 269 g/mol. The SMILES string of the molecule is Cc1cccc(F)c1NC1c2ccccc2CC1(C)C. The summed E-state index contributed by atoms with van der Waals surface area (Å²) in [6.45, 7) is 6.42. The number of benzene rings is 2. The van der Waals surface area contributed by atoms with E-state index in [1.165, 1.54) is 17.2 Å². The van der Waals surface area contributed by atoms with Gasteiger partial charge in [-0.2, -0.15) is 0 Å². The Morgan fingerprint density at radius 2 is 1.85 bits per heavy atom. The molecule has 20 heavy (non-hydrogen) atoms. The van der Waals surface area contributed by atoms with Gasteiger partial charge in [0.1, 0.15) is 5.82 Å². The molecule has 0 spiro atoms. The summed E-state index contributed by atoms with van der Waals surface area (Å²) in [4.78, 5) is 0. The molecule has 0 aliphatic heterocycles. The summed E-state index contributed by atoms with van der Waals surface area (Å²) in [6, 6.07) is 13.8. The van der Waals surface area contributed by atoms with Crippen LogP contribution in [0.2, 0.25) is 0 Å². The summed E-state index contributed by atoms with van der Waals surface area (Å²) in [5, 5.41) is 3.45. The van der Waals surface area contributed by atoms with Crippen molar-refractivity contribution in [1.29, 1.82) is 0 Å². The lowest BCUT2D eigenvalue weighted by Gasteiger charge is -2.30. The molecule has 1 N–H and O–H groups in total. The number of nitrogens with one attached hydrogen (secondary N) is 1. The zero-order valence-corrected chi connectivity index (χ0v) is 12.2. The van der Waals surface area contributed by atoms with E-state index in [9.17, 15) is 4.39 Å². The number of fused-ring (bicyclic) bond motifs is 1. The minimum absolute atomic E-state index is 0.0818. The Kier molecular flexibility index (Phi) is 3.04. The molecule has 0 amide bonds. The van der Waals surface area contributed by atoms with Crippen molar-refractivity contribution < 1.29 is 4.39 Å². The van der Waals surface area contributed by atoms with Gasteiger partial charge in [-0.15, -0.1) is 0 Å². The maximum atomic E-state index is 14.1. The van der Waals surface area contributed by atoms with Crippen LogP contribution < -0.4 is 5.32 Å². The van der Waals surface area contributed by atoms with Crippen molar-refractivity contribution in [2.75, 3.05) is 5.32 Å². The molecule has 0 radical (unpaired) electrons. The second kappa shape index (κ2) is 4.62. The topological polar surface area (TPSA) is 12.0 Å². The molecule has 2 aromatic carbocycles. The van der Waals surface area contributed by atoms with Crippen LogP contribution >= 0.6 is 0 Å². The standard InChI is InChI=1S/C18H20FN/c1-12-7-6-10-15(19)16(12)20-17-14-9-5-4-8-13(14)11-18(17,2)3/h4-10,17,20H,11H2,1-3H3. The maximum absolute atomic E-state index is 14.1. The summed E-state index contributed by atoms with van der Waals surface area (Å²) < 4.78 is 14.1. The third-order valence-corrected chi connectivity index (χ3v) is 4.30. The summed E-state index contributed by atoms with van der Waals surface area (Å²) >= 11 is 0. The first kappa shape index (κ1) is 13.2. The van der Waals surface area contributed by atoms with Crippen LogP contribution in [0.25, 0.3) is 0 Å². The van der Waals surface area contributed by atoms with Gasteiger partial charge in [0, 0.05) is 0 Å². The highest BCUT2D eigenvalue weighted by molar-refractivity contribution is 5.55. The fourth-order valence-electron chi connectivity index (χ4n) is 3.22. The Hall–Kier alpha value is -1.83. The van der Waals surface area contributed by atoms with E-state index in [2.05, 4.69) is 43.4 Å². The largest absolute Gasteiger partial charge is 0.375 e. The van der Waals surface area contributed by atoms with Crippen molar-refractivity contribution in [2.45, 2.75) is 33.2 Å². The minimum atomic E-state index is -0.176. The summed E-state index contributed by atoms with van der Waals surface area (Å²) in [7, 11) is 0. The van der Waals surface area contributed by atoms with E-state index in [-0.39, 0.29) is 17.3 Å². The highest BCUT2D eigenvalue weighted by Crippen LogP contribution is 2.47. The first-order valence-electron chi connectivity index (χ1n) is 7.08. The van der Waals surface area contributed by atoms with Crippen LogP contribution in [0, 0.1) is 18.2 Å². The van der Waals surface area contributed by atoms with E-state index in [1.807, 2.05) is 13.0 Å². The Labute approximate surface area is 119 Å². The lowest BCUT2D eigenvalue weighted by Crippen LogP contribution is -2.25. The summed E-state index contributed by atoms with van der Waals surface area (Å²) in [5.74, 6) is -0.176. The van der Waals surface area contributed by atoms with Crippen molar-refractivity contribution in [3.05, 3.63) is 65.0 Å². The number of hydrogen-bond acceptors (Lipinski definition) is 1. The molecule has 0 aromatic heterocycles. The summed E-state index contributed by atoms with van der Waals surface area (Å²) in [5.41, 5.74) is 4.31. The molecular weight excluding hydrogens is 249 g/mol. The highest BCUT2D eigenvalue weighted by atomic mass is 19.1. The molecule has 1 aliphatic rings. The van der Waals surface area contributed by atoms with E-state index in [0.29, 0.717) is 5.69 Å². The highest BCUT2D eigenvalue weighted by Gasteiger charge is 2.39. The van der Waals surface area contributed by atoms with Crippen LogP contribution in [0.3, 0.4) is 0 Å². The molecule has 3 rings (SSSR count). The molecule has 2 heteroatoms. The molecule has 1 unspecified atom stereocenters. The molecule has 1 atom stereocenters. The van der Waals surface area contributed by atoms with Gasteiger partial charge in [0.25, 0.3) is 0 Å². The van der Waals surface area contributed by atoms with Crippen LogP contribution in [0.4, 0.5) is 10.1 Å². The second-order valence-electron chi connectivity index (χ2n) is 6.37. The van der Waals surface area contributed by atoms with E-state index in [1.54, 1.807) is 6.07 Å².